The molecule has 1 fully saturated rings. The smallest absolute Gasteiger partial charge is 0.237 e. The first-order chi connectivity index (χ1) is 19.8. The fourth-order valence-electron chi connectivity index (χ4n) is 5.73. The Kier molecular flexibility index (Phi) is 14.2. The summed E-state index contributed by atoms with van der Waals surface area (Å²) < 4.78 is 33.2. The number of nitrogens with zero attached hydrogens (tertiary/aromatic N) is 1. The molecule has 1 aliphatic heterocycles. The Balaban J connectivity index is 1.70. The van der Waals surface area contributed by atoms with Crippen molar-refractivity contribution in [2.45, 2.75) is 89.9 Å². The molecule has 228 valence electrons. The maximum atomic E-state index is 14.0. The number of aryl methyl sites for hydroxylation is 1. The monoisotopic (exact) mass is 573 g/mol. The molecule has 0 aromatic heterocycles. The number of likely N-dealkylation sites (tertiary alicyclic amines) is 1. The van der Waals surface area contributed by atoms with Crippen LogP contribution >= 0.6 is 0 Å². The number of rotatable bonds is 17. The quantitative estimate of drug-likeness (QED) is 0.248. The van der Waals surface area contributed by atoms with Gasteiger partial charge in [-0.3, -0.25) is 9.69 Å². The van der Waals surface area contributed by atoms with Crippen molar-refractivity contribution in [1.82, 2.24) is 15.5 Å². The molecule has 0 saturated carbocycles. The summed E-state index contributed by atoms with van der Waals surface area (Å²) in [6.07, 6.45) is 5.82. The van der Waals surface area contributed by atoms with Gasteiger partial charge in [-0.1, -0.05) is 51.0 Å². The van der Waals surface area contributed by atoms with Crippen molar-refractivity contribution in [3.8, 4) is 0 Å². The summed E-state index contributed by atoms with van der Waals surface area (Å²) in [5.74, 6) is -0.885. The molecule has 1 aliphatic rings. The van der Waals surface area contributed by atoms with Crippen molar-refractivity contribution in [2.75, 3.05) is 33.4 Å². The van der Waals surface area contributed by atoms with E-state index in [9.17, 15) is 18.7 Å². The summed E-state index contributed by atoms with van der Waals surface area (Å²) in [6, 6.07) is 10.6. The van der Waals surface area contributed by atoms with E-state index in [1.807, 2.05) is 12.1 Å². The number of aliphatic hydroxyl groups is 1. The Bertz CT molecular complexity index is 1040. The van der Waals surface area contributed by atoms with E-state index in [1.165, 1.54) is 17.7 Å². The molecule has 3 rings (SSSR count). The SMILES string of the molecule is CCCC[C@@H](C(=O)N[C@@H](Cc1cc(F)cc(F)c1)[C@@H](O)CNCc1cccc(CC)c1)N1CCC(CCOC)CC1. The van der Waals surface area contributed by atoms with Crippen LogP contribution in [-0.4, -0.2) is 67.5 Å². The summed E-state index contributed by atoms with van der Waals surface area (Å²) in [7, 11) is 1.72. The largest absolute Gasteiger partial charge is 0.390 e. The molecular formula is C33H49F2N3O3. The molecule has 2 aromatic carbocycles. The standard InChI is InChI=1S/C33H49F2N3O3/c1-4-6-10-31(38-14-11-25(12-15-38)13-16-41-3)33(40)37-30(20-27-18-28(34)21-29(35)19-27)32(39)23-36-22-26-9-7-8-24(5-2)17-26/h7-9,17-19,21,25,30-32,36,39H,4-6,10-16,20,22-23H2,1-3H3,(H,37,40)/t30-,31-,32-/m0/s1. The molecule has 2 aromatic rings. The van der Waals surface area contributed by atoms with Crippen molar-refractivity contribution >= 4 is 5.91 Å². The predicted octanol–water partition coefficient (Wildman–Crippen LogP) is 5.01. The van der Waals surface area contributed by atoms with Gasteiger partial charge in [0, 0.05) is 32.9 Å². The van der Waals surface area contributed by atoms with E-state index in [0.717, 1.165) is 76.3 Å². The van der Waals surface area contributed by atoms with Crippen LogP contribution in [0.25, 0.3) is 0 Å². The maximum Gasteiger partial charge on any atom is 0.237 e. The van der Waals surface area contributed by atoms with Gasteiger partial charge in [-0.25, -0.2) is 8.78 Å². The lowest BCUT2D eigenvalue weighted by molar-refractivity contribution is -0.129. The number of nitrogens with one attached hydrogen (secondary N) is 2. The molecule has 0 bridgehead atoms. The number of piperidine rings is 1. The molecule has 8 heteroatoms. The number of aliphatic hydroxyl groups excluding tert-OH is 1. The third-order valence-electron chi connectivity index (χ3n) is 8.21. The van der Waals surface area contributed by atoms with Crippen LogP contribution in [0.1, 0.15) is 69.1 Å². The summed E-state index contributed by atoms with van der Waals surface area (Å²) in [4.78, 5) is 16.0. The minimum absolute atomic E-state index is 0.119. The van der Waals surface area contributed by atoms with Crippen molar-refractivity contribution in [3.05, 3.63) is 70.8 Å². The summed E-state index contributed by atoms with van der Waals surface area (Å²) in [6.45, 7) is 7.45. The van der Waals surface area contributed by atoms with E-state index in [1.54, 1.807) is 7.11 Å². The average Bonchev–Trinajstić information content (AvgIpc) is 2.96. The zero-order chi connectivity index (χ0) is 29.6. The van der Waals surface area contributed by atoms with Crippen LogP contribution in [0.4, 0.5) is 8.78 Å². The van der Waals surface area contributed by atoms with E-state index in [4.69, 9.17) is 4.74 Å². The van der Waals surface area contributed by atoms with Gasteiger partial charge in [0.25, 0.3) is 0 Å². The number of carbonyl (C=O) groups is 1. The highest BCUT2D eigenvalue weighted by Gasteiger charge is 2.32. The molecule has 1 saturated heterocycles. The fraction of sp³-hybridized carbons (Fsp3) is 0.606. The number of carbonyl (C=O) groups excluding carboxylic acids is 1. The fourth-order valence-corrected chi connectivity index (χ4v) is 5.73. The molecule has 1 heterocycles. The first kappa shape index (κ1) is 33.1. The number of methoxy groups -OCH3 is 1. The number of unbranched alkanes of at least 4 members (excludes halogenated alkanes) is 1. The van der Waals surface area contributed by atoms with E-state index in [-0.39, 0.29) is 24.9 Å². The molecule has 0 spiro atoms. The lowest BCUT2D eigenvalue weighted by Crippen LogP contribution is -2.56. The number of ether oxygens (including phenoxy) is 1. The zero-order valence-corrected chi connectivity index (χ0v) is 25.0. The lowest BCUT2D eigenvalue weighted by Gasteiger charge is -2.38. The second-order valence-electron chi connectivity index (χ2n) is 11.4. The van der Waals surface area contributed by atoms with Crippen molar-refractivity contribution in [2.24, 2.45) is 5.92 Å². The normalized spacial score (nSPS) is 16.8. The van der Waals surface area contributed by atoms with Crippen LogP contribution in [-0.2, 0) is 28.9 Å². The molecule has 0 aliphatic carbocycles. The Morgan fingerprint density at radius 1 is 1.07 bits per heavy atom. The van der Waals surface area contributed by atoms with Gasteiger partial charge in [0.05, 0.1) is 18.2 Å². The number of amides is 1. The molecule has 41 heavy (non-hydrogen) atoms. The van der Waals surface area contributed by atoms with Gasteiger partial charge < -0.3 is 20.5 Å². The minimum Gasteiger partial charge on any atom is -0.390 e. The Morgan fingerprint density at radius 3 is 2.44 bits per heavy atom. The Hall–Kier alpha value is -2.39. The van der Waals surface area contributed by atoms with Gasteiger partial charge >= 0.3 is 0 Å². The van der Waals surface area contributed by atoms with Gasteiger partial charge in [-0.2, -0.15) is 0 Å². The molecule has 3 atom stereocenters. The second-order valence-corrected chi connectivity index (χ2v) is 11.4. The summed E-state index contributed by atoms with van der Waals surface area (Å²) in [5, 5.41) is 17.6. The second kappa shape index (κ2) is 17.5. The van der Waals surface area contributed by atoms with Crippen LogP contribution in [0, 0.1) is 17.6 Å². The molecule has 3 N–H and O–H groups in total. The van der Waals surface area contributed by atoms with Crippen molar-refractivity contribution in [3.63, 3.8) is 0 Å². The number of benzene rings is 2. The average molecular weight is 574 g/mol. The van der Waals surface area contributed by atoms with Crippen LogP contribution < -0.4 is 10.6 Å². The highest BCUT2D eigenvalue weighted by atomic mass is 19.1. The van der Waals surface area contributed by atoms with E-state index in [0.29, 0.717) is 18.0 Å². The van der Waals surface area contributed by atoms with Gasteiger partial charge in [-0.05, 0) is 86.4 Å². The number of halogens is 2. The highest BCUT2D eigenvalue weighted by Crippen LogP contribution is 2.24. The molecule has 0 radical (unpaired) electrons. The van der Waals surface area contributed by atoms with Crippen LogP contribution in [0.3, 0.4) is 0 Å². The molecule has 0 unspecified atom stereocenters. The van der Waals surface area contributed by atoms with Crippen molar-refractivity contribution in [1.29, 1.82) is 0 Å². The van der Waals surface area contributed by atoms with Gasteiger partial charge in [0.1, 0.15) is 11.6 Å². The van der Waals surface area contributed by atoms with Crippen LogP contribution in [0.5, 0.6) is 0 Å². The first-order valence-corrected chi connectivity index (χ1v) is 15.3. The topological polar surface area (TPSA) is 73.8 Å². The molecule has 6 nitrogen and oxygen atoms in total. The lowest BCUT2D eigenvalue weighted by atomic mass is 9.92. The van der Waals surface area contributed by atoms with Crippen LogP contribution in [0.15, 0.2) is 42.5 Å². The Labute approximate surface area is 244 Å². The molecule has 1 amide bonds. The number of hydrogen-bond acceptors (Lipinski definition) is 5. The third kappa shape index (κ3) is 11.1. The van der Waals surface area contributed by atoms with Crippen molar-refractivity contribution < 1.29 is 23.4 Å². The van der Waals surface area contributed by atoms with Gasteiger partial charge in [-0.15, -0.1) is 0 Å². The van der Waals surface area contributed by atoms with E-state index in [2.05, 4.69) is 41.5 Å². The van der Waals surface area contributed by atoms with E-state index < -0.39 is 23.8 Å². The third-order valence-corrected chi connectivity index (χ3v) is 8.21. The zero-order valence-electron chi connectivity index (χ0n) is 25.0. The Morgan fingerprint density at radius 2 is 1.78 bits per heavy atom. The minimum atomic E-state index is -0.953. The predicted molar refractivity (Wildman–Crippen MR) is 160 cm³/mol. The first-order valence-electron chi connectivity index (χ1n) is 15.3. The van der Waals surface area contributed by atoms with E-state index >= 15 is 0 Å². The number of hydrogen-bond donors (Lipinski definition) is 3. The van der Waals surface area contributed by atoms with Crippen LogP contribution in [0.2, 0.25) is 0 Å². The maximum absolute atomic E-state index is 14.0. The highest BCUT2D eigenvalue weighted by molar-refractivity contribution is 5.82. The molecular weight excluding hydrogens is 524 g/mol. The van der Waals surface area contributed by atoms with Gasteiger partial charge in [0.2, 0.25) is 5.91 Å². The summed E-state index contributed by atoms with van der Waals surface area (Å²) >= 11 is 0. The van der Waals surface area contributed by atoms with Gasteiger partial charge in [0.15, 0.2) is 0 Å². The summed E-state index contributed by atoms with van der Waals surface area (Å²) in [5.41, 5.74) is 2.74.